The van der Waals surface area contributed by atoms with E-state index < -0.39 is 0 Å². The maximum atomic E-state index is 5.68. The summed E-state index contributed by atoms with van der Waals surface area (Å²) in [7, 11) is 3.95. The zero-order valence-electron chi connectivity index (χ0n) is 17.4. The Hall–Kier alpha value is -1.06. The summed E-state index contributed by atoms with van der Waals surface area (Å²) in [5.41, 5.74) is 1.27. The number of halogens is 1. The number of nitrogens with zero attached hydrogens (tertiary/aromatic N) is 2. The Bertz CT molecular complexity index is 524. The van der Waals surface area contributed by atoms with Crippen LogP contribution < -0.4 is 15.5 Å². The van der Waals surface area contributed by atoms with Crippen LogP contribution in [-0.2, 0) is 9.47 Å². The lowest BCUT2D eigenvalue weighted by molar-refractivity contribution is 0.0168. The van der Waals surface area contributed by atoms with E-state index in [1.165, 1.54) is 12.1 Å². The van der Waals surface area contributed by atoms with E-state index in [0.29, 0.717) is 6.10 Å². The minimum absolute atomic E-state index is 0. The summed E-state index contributed by atoms with van der Waals surface area (Å²) in [4.78, 5) is 6.57. The molecular formula is C21H37IN4O2. The van der Waals surface area contributed by atoms with Crippen LogP contribution in [0, 0.1) is 0 Å². The highest BCUT2D eigenvalue weighted by Crippen LogP contribution is 2.12. The topological polar surface area (TPSA) is 58.1 Å². The van der Waals surface area contributed by atoms with Gasteiger partial charge < -0.3 is 25.0 Å². The Kier molecular flexibility index (Phi) is 14.1. The molecule has 1 heterocycles. The summed E-state index contributed by atoms with van der Waals surface area (Å²) in [5, 5.41) is 6.72. The van der Waals surface area contributed by atoms with E-state index in [4.69, 9.17) is 9.47 Å². The fourth-order valence-electron chi connectivity index (χ4n) is 3.08. The van der Waals surface area contributed by atoms with E-state index in [1.807, 2.05) is 7.05 Å². The molecule has 1 aliphatic rings. The summed E-state index contributed by atoms with van der Waals surface area (Å²) in [6, 6.07) is 10.5. The number of nitrogens with one attached hydrogen (secondary N) is 2. The van der Waals surface area contributed by atoms with Crippen molar-refractivity contribution >= 4 is 35.6 Å². The third-order valence-electron chi connectivity index (χ3n) is 4.72. The van der Waals surface area contributed by atoms with Gasteiger partial charge >= 0.3 is 0 Å². The van der Waals surface area contributed by atoms with Crippen LogP contribution in [0.1, 0.15) is 32.1 Å². The van der Waals surface area contributed by atoms with Gasteiger partial charge in [0.05, 0.1) is 12.7 Å². The standard InChI is InChI=1S/C21H36N4O2.HI/c1-22-21(24-14-9-16-26-18-20-12-8-17-27-20)23-13-6-7-15-25(2)19-10-4-3-5-11-19;/h3-5,10-11,20H,6-9,12-18H2,1-2H3,(H2,22,23,24);1H. The second-order valence-corrected chi connectivity index (χ2v) is 6.95. The fourth-order valence-corrected chi connectivity index (χ4v) is 3.08. The molecule has 1 aromatic carbocycles. The highest BCUT2D eigenvalue weighted by Gasteiger charge is 2.14. The van der Waals surface area contributed by atoms with E-state index in [1.54, 1.807) is 0 Å². The van der Waals surface area contributed by atoms with E-state index in [-0.39, 0.29) is 24.0 Å². The molecule has 0 aromatic heterocycles. The number of anilines is 1. The van der Waals surface area contributed by atoms with Crippen LogP contribution in [0.4, 0.5) is 5.69 Å². The molecule has 6 nitrogen and oxygen atoms in total. The van der Waals surface area contributed by atoms with Gasteiger partial charge in [-0.05, 0) is 44.2 Å². The zero-order chi connectivity index (χ0) is 19.2. The molecule has 7 heteroatoms. The molecule has 1 aliphatic heterocycles. The molecule has 0 spiro atoms. The first-order chi connectivity index (χ1) is 13.3. The van der Waals surface area contributed by atoms with Crippen molar-refractivity contribution in [3.63, 3.8) is 0 Å². The Balaban J connectivity index is 0.00000392. The molecule has 2 N–H and O–H groups in total. The van der Waals surface area contributed by atoms with Crippen LogP contribution in [0.15, 0.2) is 35.3 Å². The maximum absolute atomic E-state index is 5.68. The first kappa shape index (κ1) is 25.0. The number of guanidine groups is 1. The largest absolute Gasteiger partial charge is 0.379 e. The first-order valence-electron chi connectivity index (χ1n) is 10.2. The monoisotopic (exact) mass is 504 g/mol. The molecule has 1 saturated heterocycles. The third kappa shape index (κ3) is 10.5. The molecule has 1 fully saturated rings. The van der Waals surface area contributed by atoms with Crippen molar-refractivity contribution in [1.82, 2.24) is 10.6 Å². The molecular weight excluding hydrogens is 467 g/mol. The minimum atomic E-state index is 0. The predicted molar refractivity (Wildman–Crippen MR) is 128 cm³/mol. The SMILES string of the molecule is CN=C(NCCCCN(C)c1ccccc1)NCCCOCC1CCCO1.I. The molecule has 1 atom stereocenters. The number of aliphatic imine (C=N–C) groups is 1. The minimum Gasteiger partial charge on any atom is -0.379 e. The van der Waals surface area contributed by atoms with Gasteiger partial charge in [0, 0.05) is 52.6 Å². The fraction of sp³-hybridized carbons (Fsp3) is 0.667. The van der Waals surface area contributed by atoms with E-state index >= 15 is 0 Å². The van der Waals surface area contributed by atoms with Gasteiger partial charge in [0.1, 0.15) is 0 Å². The molecule has 1 aromatic rings. The third-order valence-corrected chi connectivity index (χ3v) is 4.72. The number of hydrogen-bond donors (Lipinski definition) is 2. The van der Waals surface area contributed by atoms with Crippen molar-refractivity contribution in [3.05, 3.63) is 30.3 Å². The average Bonchev–Trinajstić information content (AvgIpc) is 3.22. The number of rotatable bonds is 12. The first-order valence-corrected chi connectivity index (χ1v) is 10.2. The van der Waals surface area contributed by atoms with Crippen molar-refractivity contribution in [2.75, 3.05) is 58.5 Å². The van der Waals surface area contributed by atoms with Gasteiger partial charge in [0.25, 0.3) is 0 Å². The average molecular weight is 504 g/mol. The number of hydrogen-bond acceptors (Lipinski definition) is 4. The number of ether oxygens (including phenoxy) is 2. The summed E-state index contributed by atoms with van der Waals surface area (Å²) in [5.74, 6) is 0.866. The van der Waals surface area contributed by atoms with Crippen LogP contribution in [0.25, 0.3) is 0 Å². The van der Waals surface area contributed by atoms with Crippen molar-refractivity contribution in [2.45, 2.75) is 38.2 Å². The second kappa shape index (κ2) is 15.8. The molecule has 0 bridgehead atoms. The van der Waals surface area contributed by atoms with E-state index in [2.05, 4.69) is 57.9 Å². The lowest BCUT2D eigenvalue weighted by Crippen LogP contribution is -2.38. The van der Waals surface area contributed by atoms with Crippen LogP contribution in [0.5, 0.6) is 0 Å². The van der Waals surface area contributed by atoms with Crippen LogP contribution in [0.2, 0.25) is 0 Å². The van der Waals surface area contributed by atoms with Gasteiger partial charge in [-0.2, -0.15) is 0 Å². The summed E-state index contributed by atoms with van der Waals surface area (Å²) < 4.78 is 11.2. The maximum Gasteiger partial charge on any atom is 0.190 e. The van der Waals surface area contributed by atoms with Crippen LogP contribution in [-0.4, -0.2) is 65.6 Å². The van der Waals surface area contributed by atoms with Crippen molar-refractivity contribution in [1.29, 1.82) is 0 Å². The van der Waals surface area contributed by atoms with Crippen LogP contribution in [0.3, 0.4) is 0 Å². The smallest absolute Gasteiger partial charge is 0.190 e. The molecule has 160 valence electrons. The Morgan fingerprint density at radius 1 is 1.18 bits per heavy atom. The lowest BCUT2D eigenvalue weighted by atomic mass is 10.2. The summed E-state index contributed by atoms with van der Waals surface area (Å²) in [6.07, 6.45) is 5.84. The molecule has 28 heavy (non-hydrogen) atoms. The summed E-state index contributed by atoms with van der Waals surface area (Å²) >= 11 is 0. The quantitative estimate of drug-likeness (QED) is 0.198. The number of benzene rings is 1. The summed E-state index contributed by atoms with van der Waals surface area (Å²) in [6.45, 7) is 5.22. The zero-order valence-corrected chi connectivity index (χ0v) is 19.7. The predicted octanol–water partition coefficient (Wildman–Crippen LogP) is 3.27. The van der Waals surface area contributed by atoms with Gasteiger partial charge in [-0.3, -0.25) is 4.99 Å². The van der Waals surface area contributed by atoms with Gasteiger partial charge in [-0.25, -0.2) is 0 Å². The van der Waals surface area contributed by atoms with Gasteiger partial charge in [0.2, 0.25) is 0 Å². The highest BCUT2D eigenvalue weighted by molar-refractivity contribution is 14.0. The van der Waals surface area contributed by atoms with Crippen LogP contribution >= 0.6 is 24.0 Å². The molecule has 0 radical (unpaired) electrons. The number of unbranched alkanes of at least 4 members (excludes halogenated alkanes) is 1. The van der Waals surface area contributed by atoms with Gasteiger partial charge in [-0.1, -0.05) is 18.2 Å². The van der Waals surface area contributed by atoms with Crippen molar-refractivity contribution in [2.24, 2.45) is 4.99 Å². The van der Waals surface area contributed by atoms with E-state index in [9.17, 15) is 0 Å². The Labute approximate surface area is 187 Å². The van der Waals surface area contributed by atoms with E-state index in [0.717, 1.165) is 71.1 Å². The Morgan fingerprint density at radius 2 is 1.93 bits per heavy atom. The van der Waals surface area contributed by atoms with Crippen molar-refractivity contribution in [3.8, 4) is 0 Å². The normalized spacial score (nSPS) is 16.5. The molecule has 0 amide bonds. The highest BCUT2D eigenvalue weighted by atomic mass is 127. The molecule has 2 rings (SSSR count). The van der Waals surface area contributed by atoms with Gasteiger partial charge in [-0.15, -0.1) is 24.0 Å². The van der Waals surface area contributed by atoms with Gasteiger partial charge in [0.15, 0.2) is 5.96 Å². The number of para-hydroxylation sites is 1. The second-order valence-electron chi connectivity index (χ2n) is 6.95. The molecule has 1 unspecified atom stereocenters. The molecule has 0 saturated carbocycles. The van der Waals surface area contributed by atoms with Crippen molar-refractivity contribution < 1.29 is 9.47 Å². The Morgan fingerprint density at radius 3 is 2.61 bits per heavy atom. The lowest BCUT2D eigenvalue weighted by Gasteiger charge is -2.19. The molecule has 0 aliphatic carbocycles.